The van der Waals surface area contributed by atoms with Crippen LogP contribution in [0.3, 0.4) is 0 Å². The van der Waals surface area contributed by atoms with Gasteiger partial charge in [-0.2, -0.15) is 0 Å². The molecular formula is C8H13F2NO2. The number of halogens is 2. The van der Waals surface area contributed by atoms with Gasteiger partial charge in [0, 0.05) is 18.9 Å². The maximum Gasteiger partial charge on any atom is 0.310 e. The minimum Gasteiger partial charge on any atom is -0.466 e. The molecule has 0 radical (unpaired) electrons. The fourth-order valence-electron chi connectivity index (χ4n) is 1.55. The zero-order valence-corrected chi connectivity index (χ0v) is 7.43. The van der Waals surface area contributed by atoms with Gasteiger partial charge in [0.1, 0.15) is 0 Å². The summed E-state index contributed by atoms with van der Waals surface area (Å²) >= 11 is 0. The first kappa shape index (κ1) is 10.4. The Kier molecular flexibility index (Phi) is 2.85. The third-order valence-corrected chi connectivity index (χ3v) is 2.16. The molecule has 2 atom stereocenters. The van der Waals surface area contributed by atoms with Crippen LogP contribution in [0.4, 0.5) is 8.78 Å². The summed E-state index contributed by atoms with van der Waals surface area (Å²) in [5.41, 5.74) is 5.40. The zero-order valence-electron chi connectivity index (χ0n) is 7.43. The van der Waals surface area contributed by atoms with Gasteiger partial charge in [-0.25, -0.2) is 8.78 Å². The van der Waals surface area contributed by atoms with Gasteiger partial charge in [-0.15, -0.1) is 0 Å². The third-order valence-electron chi connectivity index (χ3n) is 2.16. The summed E-state index contributed by atoms with van der Waals surface area (Å²) in [4.78, 5) is 11.1. The van der Waals surface area contributed by atoms with Gasteiger partial charge < -0.3 is 10.5 Å². The average Bonchev–Trinajstić information content (AvgIpc) is 2.25. The molecule has 1 fully saturated rings. The molecule has 0 saturated heterocycles. The molecule has 3 nitrogen and oxygen atoms in total. The Bertz CT molecular complexity index is 208. The van der Waals surface area contributed by atoms with Crippen molar-refractivity contribution in [2.45, 2.75) is 31.7 Å². The Morgan fingerprint density at radius 2 is 2.23 bits per heavy atom. The molecule has 0 aromatic carbocycles. The van der Waals surface area contributed by atoms with E-state index in [2.05, 4.69) is 4.74 Å². The van der Waals surface area contributed by atoms with E-state index in [1.807, 2.05) is 0 Å². The van der Waals surface area contributed by atoms with Crippen molar-refractivity contribution in [3.8, 4) is 0 Å². The van der Waals surface area contributed by atoms with E-state index in [9.17, 15) is 13.6 Å². The Labute approximate surface area is 75.2 Å². The molecule has 0 unspecified atom stereocenters. The molecule has 13 heavy (non-hydrogen) atoms. The Balaban J connectivity index is 2.57. The molecule has 0 aromatic heterocycles. The molecule has 1 rings (SSSR count). The van der Waals surface area contributed by atoms with Crippen LogP contribution in [0.2, 0.25) is 0 Å². The Morgan fingerprint density at radius 3 is 2.62 bits per heavy atom. The summed E-state index contributed by atoms with van der Waals surface area (Å²) in [6.45, 7) is 1.84. The third kappa shape index (κ3) is 2.37. The second kappa shape index (κ2) is 3.57. The van der Waals surface area contributed by atoms with E-state index in [1.165, 1.54) is 0 Å². The quantitative estimate of drug-likeness (QED) is 0.663. The number of alkyl halides is 2. The van der Waals surface area contributed by atoms with Crippen molar-refractivity contribution in [3.63, 3.8) is 0 Å². The lowest BCUT2D eigenvalue weighted by atomic mass is 10.1. The molecule has 1 aliphatic rings. The fraction of sp³-hybridized carbons (Fsp3) is 0.875. The van der Waals surface area contributed by atoms with Crippen molar-refractivity contribution in [1.82, 2.24) is 0 Å². The Morgan fingerprint density at radius 1 is 1.62 bits per heavy atom. The van der Waals surface area contributed by atoms with Gasteiger partial charge >= 0.3 is 5.97 Å². The van der Waals surface area contributed by atoms with Crippen LogP contribution >= 0.6 is 0 Å². The number of nitrogens with two attached hydrogens (primary N) is 1. The molecule has 0 bridgehead atoms. The summed E-state index contributed by atoms with van der Waals surface area (Å²) in [6, 6.07) is -0.769. The molecular weight excluding hydrogens is 180 g/mol. The lowest BCUT2D eigenvalue weighted by molar-refractivity contribution is -0.149. The average molecular weight is 193 g/mol. The molecule has 2 N–H and O–H groups in total. The summed E-state index contributed by atoms with van der Waals surface area (Å²) in [7, 11) is 0. The van der Waals surface area contributed by atoms with Gasteiger partial charge in [-0.05, 0) is 6.92 Å². The highest BCUT2D eigenvalue weighted by Crippen LogP contribution is 2.38. The predicted octanol–water partition coefficient (Wildman–Crippen LogP) is 0.922. The molecule has 0 aliphatic heterocycles. The van der Waals surface area contributed by atoms with Crippen molar-refractivity contribution in [1.29, 1.82) is 0 Å². The number of carbonyl (C=O) groups is 1. The van der Waals surface area contributed by atoms with Crippen molar-refractivity contribution in [2.24, 2.45) is 11.7 Å². The van der Waals surface area contributed by atoms with E-state index in [0.717, 1.165) is 0 Å². The van der Waals surface area contributed by atoms with E-state index in [-0.39, 0.29) is 6.61 Å². The first-order valence-corrected chi connectivity index (χ1v) is 4.26. The minimum atomic E-state index is -2.81. The highest BCUT2D eigenvalue weighted by atomic mass is 19.3. The van der Waals surface area contributed by atoms with Gasteiger partial charge in [0.2, 0.25) is 0 Å². The fourth-order valence-corrected chi connectivity index (χ4v) is 1.55. The second-order valence-corrected chi connectivity index (χ2v) is 3.29. The summed E-state index contributed by atoms with van der Waals surface area (Å²) in [5.74, 6) is -4.25. The van der Waals surface area contributed by atoms with E-state index in [4.69, 9.17) is 5.73 Å². The first-order valence-electron chi connectivity index (χ1n) is 4.26. The van der Waals surface area contributed by atoms with Gasteiger partial charge in [-0.1, -0.05) is 0 Å². The van der Waals surface area contributed by atoms with Crippen LogP contribution in [-0.4, -0.2) is 24.5 Å². The standard InChI is InChI=1S/C8H13F2NO2/c1-2-13-7(12)5-3-8(9,10)4-6(5)11/h5-6H,2-4,11H2,1H3/t5-,6-/m1/s1. The SMILES string of the molecule is CCOC(=O)[C@@H]1CC(F)(F)C[C@H]1N. The maximum absolute atomic E-state index is 12.8. The van der Waals surface area contributed by atoms with Crippen LogP contribution in [0.1, 0.15) is 19.8 Å². The zero-order chi connectivity index (χ0) is 10.1. The van der Waals surface area contributed by atoms with Crippen LogP contribution in [0.5, 0.6) is 0 Å². The number of rotatable bonds is 2. The Hall–Kier alpha value is -0.710. The monoisotopic (exact) mass is 193 g/mol. The van der Waals surface area contributed by atoms with E-state index in [1.54, 1.807) is 6.92 Å². The van der Waals surface area contributed by atoms with E-state index < -0.39 is 36.7 Å². The molecule has 0 spiro atoms. The number of hydrogen-bond donors (Lipinski definition) is 1. The molecule has 0 aromatic rings. The first-order chi connectivity index (χ1) is 5.96. The topological polar surface area (TPSA) is 52.3 Å². The minimum absolute atomic E-state index is 0.202. The van der Waals surface area contributed by atoms with E-state index in [0.29, 0.717) is 0 Å². The highest BCUT2D eigenvalue weighted by molar-refractivity contribution is 5.73. The van der Waals surface area contributed by atoms with Gasteiger partial charge in [0.25, 0.3) is 5.92 Å². The number of hydrogen-bond acceptors (Lipinski definition) is 3. The van der Waals surface area contributed by atoms with Crippen molar-refractivity contribution in [3.05, 3.63) is 0 Å². The molecule has 0 heterocycles. The molecule has 5 heteroatoms. The molecule has 76 valence electrons. The maximum atomic E-state index is 12.8. The van der Waals surface area contributed by atoms with Crippen LogP contribution in [0.25, 0.3) is 0 Å². The van der Waals surface area contributed by atoms with Crippen molar-refractivity contribution in [2.75, 3.05) is 6.61 Å². The van der Waals surface area contributed by atoms with Crippen LogP contribution < -0.4 is 5.73 Å². The lowest BCUT2D eigenvalue weighted by Gasteiger charge is -2.11. The smallest absolute Gasteiger partial charge is 0.310 e. The second-order valence-electron chi connectivity index (χ2n) is 3.29. The van der Waals surface area contributed by atoms with Crippen LogP contribution in [-0.2, 0) is 9.53 Å². The number of carbonyl (C=O) groups excluding carboxylic acids is 1. The van der Waals surface area contributed by atoms with E-state index >= 15 is 0 Å². The van der Waals surface area contributed by atoms with Gasteiger partial charge in [0.05, 0.1) is 12.5 Å². The lowest BCUT2D eigenvalue weighted by Crippen LogP contribution is -2.31. The summed E-state index contributed by atoms with van der Waals surface area (Å²) in [6.07, 6.45) is -0.899. The van der Waals surface area contributed by atoms with Crippen molar-refractivity contribution < 1.29 is 18.3 Å². The molecule has 0 amide bonds. The number of ether oxygens (including phenoxy) is 1. The van der Waals surface area contributed by atoms with Gasteiger partial charge in [0.15, 0.2) is 0 Å². The summed E-state index contributed by atoms with van der Waals surface area (Å²) < 4.78 is 30.2. The molecule has 1 saturated carbocycles. The summed E-state index contributed by atoms with van der Waals surface area (Å²) in [5, 5.41) is 0. The molecule has 1 aliphatic carbocycles. The predicted molar refractivity (Wildman–Crippen MR) is 42.3 cm³/mol. The van der Waals surface area contributed by atoms with Crippen LogP contribution in [0, 0.1) is 5.92 Å². The number of esters is 1. The van der Waals surface area contributed by atoms with Crippen LogP contribution in [0.15, 0.2) is 0 Å². The highest BCUT2D eigenvalue weighted by Gasteiger charge is 2.48. The van der Waals surface area contributed by atoms with Gasteiger partial charge in [-0.3, -0.25) is 4.79 Å². The largest absolute Gasteiger partial charge is 0.466 e. The van der Waals surface area contributed by atoms with Crippen molar-refractivity contribution >= 4 is 5.97 Å². The normalized spacial score (nSPS) is 31.7.